The molecule has 3 heteroatoms. The predicted molar refractivity (Wildman–Crippen MR) is 99.1 cm³/mol. The fourth-order valence-corrected chi connectivity index (χ4v) is 4.10. The van der Waals surface area contributed by atoms with Gasteiger partial charge in [-0.05, 0) is 30.9 Å². The van der Waals surface area contributed by atoms with Crippen LogP contribution in [0.15, 0.2) is 60.2 Å². The van der Waals surface area contributed by atoms with E-state index in [1.54, 1.807) is 0 Å². The molecule has 1 unspecified atom stereocenters. The highest BCUT2D eigenvalue weighted by molar-refractivity contribution is 6.03. The van der Waals surface area contributed by atoms with Crippen LogP contribution in [0.5, 0.6) is 0 Å². The lowest BCUT2D eigenvalue weighted by atomic mass is 9.88. The normalized spacial score (nSPS) is 19.2. The Balaban J connectivity index is 1.92. The summed E-state index contributed by atoms with van der Waals surface area (Å²) in [6.07, 6.45) is 2.36. The highest BCUT2D eigenvalue weighted by Gasteiger charge is 2.39. The highest BCUT2D eigenvalue weighted by atomic mass is 16.5. The maximum atomic E-state index is 13.0. The number of rotatable bonds is 4. The number of likely N-dealkylation sites (tertiary alicyclic amines) is 1. The summed E-state index contributed by atoms with van der Waals surface area (Å²) in [4.78, 5) is 15.3. The lowest BCUT2D eigenvalue weighted by Crippen LogP contribution is -2.21. The summed E-state index contributed by atoms with van der Waals surface area (Å²) in [5, 5.41) is 0. The van der Waals surface area contributed by atoms with Gasteiger partial charge in [0.05, 0.1) is 17.9 Å². The fraction of sp³-hybridized carbons (Fsp3) is 0.318. The molecule has 2 aromatic carbocycles. The molecule has 1 atom stereocenters. The van der Waals surface area contributed by atoms with Crippen LogP contribution in [0.2, 0.25) is 0 Å². The van der Waals surface area contributed by atoms with E-state index in [0.29, 0.717) is 6.61 Å². The lowest BCUT2D eigenvalue weighted by molar-refractivity contribution is -0.138. The largest absolute Gasteiger partial charge is 0.463 e. The fourth-order valence-electron chi connectivity index (χ4n) is 4.10. The Bertz CT molecular complexity index is 804. The molecule has 0 radical (unpaired) electrons. The number of benzene rings is 2. The van der Waals surface area contributed by atoms with Gasteiger partial charge in [0.2, 0.25) is 0 Å². The van der Waals surface area contributed by atoms with Crippen molar-refractivity contribution in [1.29, 1.82) is 0 Å². The summed E-state index contributed by atoms with van der Waals surface area (Å²) in [6.45, 7) is 4.28. The SMILES string of the molecule is CCOC(=O)C1=C(N2CCCC2)c2ccccc2C1c1ccccc1. The van der Waals surface area contributed by atoms with Crippen molar-refractivity contribution in [2.75, 3.05) is 19.7 Å². The van der Waals surface area contributed by atoms with Crippen LogP contribution in [0.3, 0.4) is 0 Å². The van der Waals surface area contributed by atoms with Crippen molar-refractivity contribution in [1.82, 2.24) is 4.90 Å². The molecule has 3 nitrogen and oxygen atoms in total. The first-order valence-electron chi connectivity index (χ1n) is 9.11. The van der Waals surface area contributed by atoms with E-state index >= 15 is 0 Å². The molecule has 0 spiro atoms. The molecule has 2 aliphatic rings. The molecule has 1 saturated heterocycles. The maximum absolute atomic E-state index is 13.0. The second-order valence-electron chi connectivity index (χ2n) is 6.61. The van der Waals surface area contributed by atoms with Crippen LogP contribution in [-0.2, 0) is 9.53 Å². The lowest BCUT2D eigenvalue weighted by Gasteiger charge is -2.22. The summed E-state index contributed by atoms with van der Waals surface area (Å²) in [6, 6.07) is 18.7. The zero-order valence-electron chi connectivity index (χ0n) is 14.6. The molecule has 0 saturated carbocycles. The smallest absolute Gasteiger partial charge is 0.337 e. The summed E-state index contributed by atoms with van der Waals surface area (Å²) in [5.74, 6) is -0.235. The molecule has 0 N–H and O–H groups in total. The molecule has 128 valence electrons. The standard InChI is InChI=1S/C22H23NO2/c1-2-25-22(24)20-19(16-10-4-3-5-11-16)17-12-6-7-13-18(17)21(20)23-14-8-9-15-23/h3-7,10-13,19H,2,8-9,14-15H2,1H3. The summed E-state index contributed by atoms with van der Waals surface area (Å²) >= 11 is 0. The van der Waals surface area contributed by atoms with Gasteiger partial charge in [0.15, 0.2) is 0 Å². The molecular weight excluding hydrogens is 310 g/mol. The Morgan fingerprint density at radius 3 is 2.44 bits per heavy atom. The Hall–Kier alpha value is -2.55. The van der Waals surface area contributed by atoms with E-state index < -0.39 is 0 Å². The van der Waals surface area contributed by atoms with Crippen LogP contribution >= 0.6 is 0 Å². The number of carbonyl (C=O) groups excluding carboxylic acids is 1. The van der Waals surface area contributed by atoms with Gasteiger partial charge < -0.3 is 9.64 Å². The Labute approximate surface area is 148 Å². The van der Waals surface area contributed by atoms with Gasteiger partial charge in [0.1, 0.15) is 0 Å². The van der Waals surface area contributed by atoms with Crippen LogP contribution in [0.25, 0.3) is 5.70 Å². The number of nitrogens with zero attached hydrogens (tertiary/aromatic N) is 1. The zero-order valence-corrected chi connectivity index (χ0v) is 14.6. The molecule has 1 aliphatic heterocycles. The molecule has 0 amide bonds. The van der Waals surface area contributed by atoms with Crippen LogP contribution < -0.4 is 0 Å². The van der Waals surface area contributed by atoms with Crippen LogP contribution in [-0.4, -0.2) is 30.6 Å². The molecule has 25 heavy (non-hydrogen) atoms. The van der Waals surface area contributed by atoms with E-state index in [4.69, 9.17) is 4.74 Å². The van der Waals surface area contributed by atoms with Crippen LogP contribution in [0, 0.1) is 0 Å². The average molecular weight is 333 g/mol. The molecule has 2 aromatic rings. The number of hydrogen-bond donors (Lipinski definition) is 0. The van der Waals surface area contributed by atoms with Crippen molar-refractivity contribution in [3.63, 3.8) is 0 Å². The predicted octanol–water partition coefficient (Wildman–Crippen LogP) is 4.20. The van der Waals surface area contributed by atoms with Crippen LogP contribution in [0.4, 0.5) is 0 Å². The minimum Gasteiger partial charge on any atom is -0.463 e. The third-order valence-corrected chi connectivity index (χ3v) is 5.12. The van der Waals surface area contributed by atoms with Crippen molar-refractivity contribution < 1.29 is 9.53 Å². The average Bonchev–Trinajstić information content (AvgIpc) is 3.28. The summed E-state index contributed by atoms with van der Waals surface area (Å²) in [5.41, 5.74) is 5.42. The van der Waals surface area contributed by atoms with Crippen molar-refractivity contribution in [3.05, 3.63) is 76.9 Å². The molecule has 1 fully saturated rings. The first kappa shape index (κ1) is 15.9. The van der Waals surface area contributed by atoms with Crippen LogP contribution in [0.1, 0.15) is 42.4 Å². The van der Waals surface area contributed by atoms with Crippen molar-refractivity contribution >= 4 is 11.7 Å². The summed E-state index contributed by atoms with van der Waals surface area (Å²) < 4.78 is 5.48. The minimum absolute atomic E-state index is 0.0490. The zero-order chi connectivity index (χ0) is 17.2. The van der Waals surface area contributed by atoms with Gasteiger partial charge in [-0.1, -0.05) is 54.6 Å². The number of hydrogen-bond acceptors (Lipinski definition) is 3. The van der Waals surface area contributed by atoms with E-state index in [1.807, 2.05) is 25.1 Å². The Kier molecular flexibility index (Phi) is 4.31. The molecule has 0 aromatic heterocycles. The molecule has 1 aliphatic carbocycles. The minimum atomic E-state index is -0.186. The third-order valence-electron chi connectivity index (χ3n) is 5.12. The van der Waals surface area contributed by atoms with Gasteiger partial charge in [-0.2, -0.15) is 0 Å². The first-order valence-corrected chi connectivity index (χ1v) is 9.11. The van der Waals surface area contributed by atoms with Crippen molar-refractivity contribution in [2.24, 2.45) is 0 Å². The Morgan fingerprint density at radius 1 is 1.04 bits per heavy atom. The van der Waals surface area contributed by atoms with Gasteiger partial charge in [-0.25, -0.2) is 4.79 Å². The second kappa shape index (κ2) is 6.75. The molecule has 1 heterocycles. The van der Waals surface area contributed by atoms with E-state index in [1.165, 1.54) is 24.0 Å². The first-order chi connectivity index (χ1) is 12.3. The van der Waals surface area contributed by atoms with E-state index in [-0.39, 0.29) is 11.9 Å². The monoisotopic (exact) mass is 333 g/mol. The van der Waals surface area contributed by atoms with Gasteiger partial charge in [-0.15, -0.1) is 0 Å². The second-order valence-corrected chi connectivity index (χ2v) is 6.61. The maximum Gasteiger partial charge on any atom is 0.337 e. The number of carbonyl (C=O) groups is 1. The van der Waals surface area contributed by atoms with Gasteiger partial charge >= 0.3 is 5.97 Å². The topological polar surface area (TPSA) is 29.5 Å². The third kappa shape index (κ3) is 2.74. The number of fused-ring (bicyclic) bond motifs is 1. The van der Waals surface area contributed by atoms with E-state index in [2.05, 4.69) is 41.3 Å². The molecule has 4 rings (SSSR count). The van der Waals surface area contributed by atoms with Crippen molar-refractivity contribution in [2.45, 2.75) is 25.7 Å². The van der Waals surface area contributed by atoms with Gasteiger partial charge in [-0.3, -0.25) is 0 Å². The molecular formula is C22H23NO2. The highest BCUT2D eigenvalue weighted by Crippen LogP contribution is 2.47. The van der Waals surface area contributed by atoms with Gasteiger partial charge in [0, 0.05) is 24.6 Å². The van der Waals surface area contributed by atoms with Crippen molar-refractivity contribution in [3.8, 4) is 0 Å². The van der Waals surface area contributed by atoms with Gasteiger partial charge in [0.25, 0.3) is 0 Å². The Morgan fingerprint density at radius 2 is 1.72 bits per heavy atom. The number of ether oxygens (including phenoxy) is 1. The van der Waals surface area contributed by atoms with E-state index in [0.717, 1.165) is 29.9 Å². The van der Waals surface area contributed by atoms with E-state index in [9.17, 15) is 4.79 Å². The number of esters is 1. The molecule has 0 bridgehead atoms. The quantitative estimate of drug-likeness (QED) is 0.785. The summed E-state index contributed by atoms with van der Waals surface area (Å²) in [7, 11) is 0.